The van der Waals surface area contributed by atoms with Gasteiger partial charge in [0.2, 0.25) is 5.91 Å². The van der Waals surface area contributed by atoms with Gasteiger partial charge in [0.15, 0.2) is 5.96 Å². The van der Waals surface area contributed by atoms with Crippen molar-refractivity contribution in [3.8, 4) is 0 Å². The zero-order valence-electron chi connectivity index (χ0n) is 16.3. The summed E-state index contributed by atoms with van der Waals surface area (Å²) in [6.45, 7) is 10.4. The molecule has 0 bridgehead atoms. The maximum absolute atomic E-state index is 12.1. The van der Waals surface area contributed by atoms with E-state index >= 15 is 0 Å². The zero-order chi connectivity index (χ0) is 19.1. The average Bonchev–Trinajstić information content (AvgIpc) is 3.07. The molecule has 2 atom stereocenters. The van der Waals surface area contributed by atoms with E-state index in [1.807, 2.05) is 56.9 Å². The summed E-state index contributed by atoms with van der Waals surface area (Å²) in [4.78, 5) is 18.5. The molecular formula is C20H32N4O2. The summed E-state index contributed by atoms with van der Waals surface area (Å²) in [5, 5.41) is 17.0. The number of hydrogen-bond donors (Lipinski definition) is 3. The molecule has 2 rings (SSSR count). The van der Waals surface area contributed by atoms with Gasteiger partial charge in [0.25, 0.3) is 0 Å². The van der Waals surface area contributed by atoms with Crippen LogP contribution in [0.1, 0.15) is 44.4 Å². The van der Waals surface area contributed by atoms with E-state index in [1.165, 1.54) is 5.56 Å². The summed E-state index contributed by atoms with van der Waals surface area (Å²) in [5.74, 6) is 0.911. The Hall–Kier alpha value is -2.08. The highest BCUT2D eigenvalue weighted by atomic mass is 16.3. The Bertz CT molecular complexity index is 613. The lowest BCUT2D eigenvalue weighted by molar-refractivity contribution is -0.133. The number of aliphatic imine (C=N–C) groups is 1. The van der Waals surface area contributed by atoms with E-state index in [9.17, 15) is 9.90 Å². The highest BCUT2D eigenvalue weighted by Crippen LogP contribution is 2.15. The fourth-order valence-corrected chi connectivity index (χ4v) is 3.03. The summed E-state index contributed by atoms with van der Waals surface area (Å²) in [6, 6.07) is 8.03. The first-order chi connectivity index (χ1) is 12.4. The quantitative estimate of drug-likeness (QED) is 0.534. The predicted molar refractivity (Wildman–Crippen MR) is 105 cm³/mol. The predicted octanol–water partition coefficient (Wildman–Crippen LogP) is 1.84. The Morgan fingerprint density at radius 2 is 2.04 bits per heavy atom. The number of amides is 1. The molecule has 0 saturated carbocycles. The topological polar surface area (TPSA) is 77.0 Å². The van der Waals surface area contributed by atoms with E-state index in [-0.39, 0.29) is 17.9 Å². The second-order valence-corrected chi connectivity index (χ2v) is 7.21. The second-order valence-electron chi connectivity index (χ2n) is 7.21. The second kappa shape index (κ2) is 9.57. The first kappa shape index (κ1) is 20.2. The third-order valence-corrected chi connectivity index (χ3v) is 4.56. The minimum atomic E-state index is -0.631. The standard InChI is InChI=1S/C20H32N4O2/c1-5-21-20(22-12-18(25)16-8-6-15(4)7-9-16)23-17-10-11-24(13-17)19(26)14(2)3/h6-9,14,17-18,25H,5,10-13H2,1-4H3,(H2,21,22,23). The van der Waals surface area contributed by atoms with Gasteiger partial charge in [-0.1, -0.05) is 43.7 Å². The van der Waals surface area contributed by atoms with Crippen LogP contribution in [0.4, 0.5) is 0 Å². The van der Waals surface area contributed by atoms with Gasteiger partial charge in [0.05, 0.1) is 12.6 Å². The number of nitrogens with one attached hydrogen (secondary N) is 2. The summed E-state index contributed by atoms with van der Waals surface area (Å²) in [5.41, 5.74) is 2.03. The minimum Gasteiger partial charge on any atom is -0.386 e. The van der Waals surface area contributed by atoms with Crippen molar-refractivity contribution in [2.45, 2.75) is 46.3 Å². The summed E-state index contributed by atoms with van der Waals surface area (Å²) in [6.07, 6.45) is 0.275. The van der Waals surface area contributed by atoms with Gasteiger partial charge >= 0.3 is 0 Å². The fourth-order valence-electron chi connectivity index (χ4n) is 3.03. The van der Waals surface area contributed by atoms with Crippen molar-refractivity contribution in [2.75, 3.05) is 26.2 Å². The molecule has 1 amide bonds. The molecule has 1 saturated heterocycles. The Morgan fingerprint density at radius 3 is 2.65 bits per heavy atom. The molecule has 1 fully saturated rings. The SMILES string of the molecule is CCNC(=NCC(O)c1ccc(C)cc1)NC1CCN(C(=O)C(C)C)C1. The van der Waals surface area contributed by atoms with Crippen LogP contribution in [0.3, 0.4) is 0 Å². The minimum absolute atomic E-state index is 0.0281. The molecule has 0 radical (unpaired) electrons. The van der Waals surface area contributed by atoms with Crippen molar-refractivity contribution in [1.29, 1.82) is 0 Å². The van der Waals surface area contributed by atoms with E-state index in [4.69, 9.17) is 0 Å². The molecule has 6 heteroatoms. The van der Waals surface area contributed by atoms with E-state index in [0.717, 1.165) is 25.1 Å². The molecule has 1 aliphatic rings. The number of guanidine groups is 1. The fraction of sp³-hybridized carbons (Fsp3) is 0.600. The number of likely N-dealkylation sites (tertiary alicyclic amines) is 1. The Balaban J connectivity index is 1.92. The van der Waals surface area contributed by atoms with Gasteiger partial charge in [-0.3, -0.25) is 9.79 Å². The van der Waals surface area contributed by atoms with E-state index < -0.39 is 6.10 Å². The van der Waals surface area contributed by atoms with Crippen LogP contribution >= 0.6 is 0 Å². The lowest BCUT2D eigenvalue weighted by Gasteiger charge is -2.20. The summed E-state index contributed by atoms with van der Waals surface area (Å²) in [7, 11) is 0. The number of benzene rings is 1. The summed E-state index contributed by atoms with van der Waals surface area (Å²) >= 11 is 0. The van der Waals surface area contributed by atoms with Crippen molar-refractivity contribution in [2.24, 2.45) is 10.9 Å². The van der Waals surface area contributed by atoms with E-state index in [2.05, 4.69) is 15.6 Å². The number of rotatable bonds is 6. The van der Waals surface area contributed by atoms with Crippen molar-refractivity contribution in [3.63, 3.8) is 0 Å². The smallest absolute Gasteiger partial charge is 0.225 e. The van der Waals surface area contributed by atoms with Crippen LogP contribution in [0.15, 0.2) is 29.3 Å². The average molecular weight is 361 g/mol. The highest BCUT2D eigenvalue weighted by molar-refractivity contribution is 5.81. The molecule has 2 unspecified atom stereocenters. The number of nitrogens with zero attached hydrogens (tertiary/aromatic N) is 2. The van der Waals surface area contributed by atoms with Crippen LogP contribution in [0.25, 0.3) is 0 Å². The molecule has 1 aromatic rings. The van der Waals surface area contributed by atoms with Gasteiger partial charge in [-0.15, -0.1) is 0 Å². The summed E-state index contributed by atoms with van der Waals surface area (Å²) < 4.78 is 0. The maximum atomic E-state index is 12.1. The van der Waals surface area contributed by atoms with Gasteiger partial charge in [-0.2, -0.15) is 0 Å². The Morgan fingerprint density at radius 1 is 1.35 bits per heavy atom. The Kier molecular flexibility index (Phi) is 7.45. The van der Waals surface area contributed by atoms with Crippen LogP contribution in [0.2, 0.25) is 0 Å². The van der Waals surface area contributed by atoms with Crippen LogP contribution < -0.4 is 10.6 Å². The number of hydrogen-bond acceptors (Lipinski definition) is 3. The third kappa shape index (κ3) is 5.73. The zero-order valence-corrected chi connectivity index (χ0v) is 16.3. The number of carbonyl (C=O) groups excluding carboxylic acids is 1. The molecule has 6 nitrogen and oxygen atoms in total. The normalized spacial score (nSPS) is 18.9. The highest BCUT2D eigenvalue weighted by Gasteiger charge is 2.28. The van der Waals surface area contributed by atoms with Gasteiger partial charge < -0.3 is 20.6 Å². The van der Waals surface area contributed by atoms with E-state index in [0.29, 0.717) is 19.0 Å². The third-order valence-electron chi connectivity index (χ3n) is 4.56. The van der Waals surface area contributed by atoms with Crippen LogP contribution in [0.5, 0.6) is 0 Å². The molecule has 0 spiro atoms. The van der Waals surface area contributed by atoms with Crippen LogP contribution in [-0.4, -0.2) is 54.1 Å². The molecule has 1 aliphatic heterocycles. The first-order valence-corrected chi connectivity index (χ1v) is 9.49. The molecular weight excluding hydrogens is 328 g/mol. The monoisotopic (exact) mass is 360 g/mol. The van der Waals surface area contributed by atoms with Crippen molar-refractivity contribution < 1.29 is 9.90 Å². The van der Waals surface area contributed by atoms with Gasteiger partial charge in [-0.05, 0) is 25.8 Å². The number of aryl methyl sites for hydroxylation is 1. The first-order valence-electron chi connectivity index (χ1n) is 9.49. The van der Waals surface area contributed by atoms with Crippen molar-refractivity contribution >= 4 is 11.9 Å². The molecule has 0 aliphatic carbocycles. The van der Waals surface area contributed by atoms with Crippen molar-refractivity contribution in [3.05, 3.63) is 35.4 Å². The lowest BCUT2D eigenvalue weighted by Crippen LogP contribution is -2.45. The number of aliphatic hydroxyl groups is 1. The molecule has 26 heavy (non-hydrogen) atoms. The number of carbonyl (C=O) groups is 1. The molecule has 1 heterocycles. The van der Waals surface area contributed by atoms with Gasteiger partial charge in [0, 0.05) is 31.6 Å². The maximum Gasteiger partial charge on any atom is 0.225 e. The van der Waals surface area contributed by atoms with Gasteiger partial charge in [-0.25, -0.2) is 0 Å². The van der Waals surface area contributed by atoms with Crippen LogP contribution in [0, 0.1) is 12.8 Å². The molecule has 0 aromatic heterocycles. The Labute approximate surface area is 156 Å². The molecule has 1 aromatic carbocycles. The molecule has 144 valence electrons. The largest absolute Gasteiger partial charge is 0.386 e. The lowest BCUT2D eigenvalue weighted by atomic mass is 10.1. The molecule has 3 N–H and O–H groups in total. The van der Waals surface area contributed by atoms with Gasteiger partial charge in [0.1, 0.15) is 0 Å². The van der Waals surface area contributed by atoms with Crippen molar-refractivity contribution in [1.82, 2.24) is 15.5 Å². The van der Waals surface area contributed by atoms with E-state index in [1.54, 1.807) is 0 Å². The van der Waals surface area contributed by atoms with Crippen LogP contribution in [-0.2, 0) is 4.79 Å². The number of aliphatic hydroxyl groups excluding tert-OH is 1.